The Morgan fingerprint density at radius 2 is 1.89 bits per heavy atom. The highest BCUT2D eigenvalue weighted by Gasteiger charge is 2.13. The number of nitrogens with zero attached hydrogens (tertiary/aromatic N) is 1. The highest BCUT2D eigenvalue weighted by atomic mass is 79.9. The Morgan fingerprint density at radius 3 is 2.53 bits per heavy atom. The SMILES string of the molecule is O=[N+]([O-])c1ccc(Cl)cc1NCc1ccc(Br)cc1. The fourth-order valence-corrected chi connectivity index (χ4v) is 2.05. The van der Waals surface area contributed by atoms with E-state index >= 15 is 0 Å². The van der Waals surface area contributed by atoms with Gasteiger partial charge in [-0.2, -0.15) is 0 Å². The van der Waals surface area contributed by atoms with E-state index in [-0.39, 0.29) is 5.69 Å². The lowest BCUT2D eigenvalue weighted by Crippen LogP contribution is -2.02. The summed E-state index contributed by atoms with van der Waals surface area (Å²) in [6.07, 6.45) is 0. The second kappa shape index (κ2) is 6.04. The molecule has 0 saturated carbocycles. The first-order chi connectivity index (χ1) is 9.06. The van der Waals surface area contributed by atoms with Crippen molar-refractivity contribution in [2.45, 2.75) is 6.54 Å². The van der Waals surface area contributed by atoms with E-state index in [9.17, 15) is 10.1 Å². The summed E-state index contributed by atoms with van der Waals surface area (Å²) in [4.78, 5) is 10.5. The van der Waals surface area contributed by atoms with Gasteiger partial charge < -0.3 is 5.32 Å². The summed E-state index contributed by atoms with van der Waals surface area (Å²) < 4.78 is 0.991. The molecule has 0 radical (unpaired) electrons. The number of nitro groups is 1. The summed E-state index contributed by atoms with van der Waals surface area (Å²) in [6.45, 7) is 0.495. The Balaban J connectivity index is 2.16. The van der Waals surface area contributed by atoms with Gasteiger partial charge in [0.2, 0.25) is 0 Å². The summed E-state index contributed by atoms with van der Waals surface area (Å²) in [6, 6.07) is 12.2. The van der Waals surface area contributed by atoms with Crippen molar-refractivity contribution in [3.8, 4) is 0 Å². The molecular formula is C13H10BrClN2O2. The molecule has 0 amide bonds. The molecule has 19 heavy (non-hydrogen) atoms. The van der Waals surface area contributed by atoms with Crippen molar-refractivity contribution in [3.63, 3.8) is 0 Å². The van der Waals surface area contributed by atoms with E-state index in [0.29, 0.717) is 17.3 Å². The zero-order valence-corrected chi connectivity index (χ0v) is 12.1. The molecule has 1 N–H and O–H groups in total. The smallest absolute Gasteiger partial charge is 0.292 e. The topological polar surface area (TPSA) is 55.2 Å². The van der Waals surface area contributed by atoms with Crippen molar-refractivity contribution in [3.05, 3.63) is 67.6 Å². The van der Waals surface area contributed by atoms with Crippen molar-refractivity contribution < 1.29 is 4.92 Å². The van der Waals surface area contributed by atoms with Crippen LogP contribution in [-0.4, -0.2) is 4.92 Å². The summed E-state index contributed by atoms with van der Waals surface area (Å²) >= 11 is 9.21. The maximum Gasteiger partial charge on any atom is 0.292 e. The molecule has 2 aromatic rings. The molecule has 6 heteroatoms. The van der Waals surface area contributed by atoms with Gasteiger partial charge in [-0.25, -0.2) is 0 Å². The molecule has 0 aliphatic carbocycles. The Morgan fingerprint density at radius 1 is 1.21 bits per heavy atom. The number of rotatable bonds is 4. The highest BCUT2D eigenvalue weighted by molar-refractivity contribution is 9.10. The molecule has 0 atom stereocenters. The quantitative estimate of drug-likeness (QED) is 0.652. The molecule has 2 aromatic carbocycles. The Hall–Kier alpha value is -1.59. The number of nitrogens with one attached hydrogen (secondary N) is 1. The van der Waals surface area contributed by atoms with Crippen LogP contribution in [0.5, 0.6) is 0 Å². The minimum atomic E-state index is -0.430. The summed E-state index contributed by atoms with van der Waals surface area (Å²) in [5.74, 6) is 0. The largest absolute Gasteiger partial charge is 0.375 e. The molecule has 0 unspecified atom stereocenters. The van der Waals surface area contributed by atoms with Crippen LogP contribution in [0.15, 0.2) is 46.9 Å². The van der Waals surface area contributed by atoms with Gasteiger partial charge in [-0.15, -0.1) is 0 Å². The predicted molar refractivity (Wildman–Crippen MR) is 79.6 cm³/mol. The van der Waals surface area contributed by atoms with Crippen molar-refractivity contribution in [2.75, 3.05) is 5.32 Å². The standard InChI is InChI=1S/C13H10BrClN2O2/c14-10-3-1-9(2-4-10)8-16-12-7-11(15)5-6-13(12)17(18)19/h1-7,16H,8H2. The predicted octanol–water partition coefficient (Wildman–Crippen LogP) is 4.62. The highest BCUT2D eigenvalue weighted by Crippen LogP contribution is 2.28. The van der Waals surface area contributed by atoms with E-state index in [0.717, 1.165) is 10.0 Å². The average molecular weight is 342 g/mol. The molecule has 2 rings (SSSR count). The molecule has 0 saturated heterocycles. The van der Waals surface area contributed by atoms with Gasteiger partial charge in [0, 0.05) is 22.1 Å². The van der Waals surface area contributed by atoms with Crippen LogP contribution in [0.25, 0.3) is 0 Å². The first-order valence-corrected chi connectivity index (χ1v) is 6.65. The maximum atomic E-state index is 10.9. The van der Waals surface area contributed by atoms with Gasteiger partial charge in [0.05, 0.1) is 4.92 Å². The molecule has 0 fully saturated rings. The van der Waals surface area contributed by atoms with E-state index in [2.05, 4.69) is 21.2 Å². The number of halogens is 2. The lowest BCUT2D eigenvalue weighted by atomic mass is 10.2. The fourth-order valence-electron chi connectivity index (χ4n) is 1.61. The molecule has 0 aromatic heterocycles. The maximum absolute atomic E-state index is 10.9. The van der Waals surface area contributed by atoms with Crippen LogP contribution in [0.2, 0.25) is 5.02 Å². The summed E-state index contributed by atoms with van der Waals surface area (Å²) in [5.41, 5.74) is 1.46. The normalized spacial score (nSPS) is 10.2. The Kier molecular flexibility index (Phi) is 4.39. The van der Waals surface area contributed by atoms with Crippen LogP contribution in [0.4, 0.5) is 11.4 Å². The van der Waals surface area contributed by atoms with Crippen LogP contribution in [0.3, 0.4) is 0 Å². The van der Waals surface area contributed by atoms with E-state index in [1.54, 1.807) is 6.07 Å². The number of hydrogen-bond acceptors (Lipinski definition) is 3. The molecule has 0 aliphatic rings. The van der Waals surface area contributed by atoms with Crippen molar-refractivity contribution in [1.82, 2.24) is 0 Å². The Labute approximate surface area is 123 Å². The monoisotopic (exact) mass is 340 g/mol. The first kappa shape index (κ1) is 13.8. The van der Waals surface area contributed by atoms with Gasteiger partial charge in [0.15, 0.2) is 0 Å². The van der Waals surface area contributed by atoms with Gasteiger partial charge in [-0.1, -0.05) is 39.7 Å². The molecule has 0 heterocycles. The fraction of sp³-hybridized carbons (Fsp3) is 0.0769. The minimum Gasteiger partial charge on any atom is -0.375 e. The van der Waals surface area contributed by atoms with Gasteiger partial charge in [0.25, 0.3) is 5.69 Å². The molecule has 0 bridgehead atoms. The first-order valence-electron chi connectivity index (χ1n) is 5.48. The second-order valence-electron chi connectivity index (χ2n) is 3.90. The van der Waals surface area contributed by atoms with Crippen LogP contribution in [-0.2, 0) is 6.54 Å². The molecule has 4 nitrogen and oxygen atoms in total. The minimum absolute atomic E-state index is 0.0153. The molecule has 98 valence electrons. The number of anilines is 1. The molecule has 0 spiro atoms. The number of benzene rings is 2. The molecular weight excluding hydrogens is 332 g/mol. The lowest BCUT2D eigenvalue weighted by molar-refractivity contribution is -0.384. The lowest BCUT2D eigenvalue weighted by Gasteiger charge is -2.07. The van der Waals surface area contributed by atoms with Crippen molar-refractivity contribution in [1.29, 1.82) is 0 Å². The number of hydrogen-bond donors (Lipinski definition) is 1. The molecule has 0 aliphatic heterocycles. The second-order valence-corrected chi connectivity index (χ2v) is 5.25. The third-order valence-electron chi connectivity index (χ3n) is 2.55. The zero-order chi connectivity index (χ0) is 13.8. The zero-order valence-electron chi connectivity index (χ0n) is 9.77. The van der Waals surface area contributed by atoms with Gasteiger partial charge >= 0.3 is 0 Å². The summed E-state index contributed by atoms with van der Waals surface area (Å²) in [7, 11) is 0. The van der Waals surface area contributed by atoms with Crippen LogP contribution in [0.1, 0.15) is 5.56 Å². The summed E-state index contributed by atoms with van der Waals surface area (Å²) in [5, 5.41) is 14.4. The number of nitro benzene ring substituents is 1. The van der Waals surface area contributed by atoms with E-state index in [1.807, 2.05) is 24.3 Å². The van der Waals surface area contributed by atoms with Crippen LogP contribution in [0, 0.1) is 10.1 Å². The van der Waals surface area contributed by atoms with Gasteiger partial charge in [-0.05, 0) is 29.8 Å². The van der Waals surface area contributed by atoms with Gasteiger partial charge in [0.1, 0.15) is 5.69 Å². The van der Waals surface area contributed by atoms with Crippen molar-refractivity contribution in [2.24, 2.45) is 0 Å². The third-order valence-corrected chi connectivity index (χ3v) is 3.32. The van der Waals surface area contributed by atoms with E-state index in [4.69, 9.17) is 11.6 Å². The Bertz CT molecular complexity index is 602. The van der Waals surface area contributed by atoms with E-state index in [1.165, 1.54) is 12.1 Å². The van der Waals surface area contributed by atoms with Crippen LogP contribution < -0.4 is 5.32 Å². The average Bonchev–Trinajstić information content (AvgIpc) is 2.38. The van der Waals surface area contributed by atoms with Gasteiger partial charge in [-0.3, -0.25) is 10.1 Å². The van der Waals surface area contributed by atoms with Crippen LogP contribution >= 0.6 is 27.5 Å². The van der Waals surface area contributed by atoms with Crippen molar-refractivity contribution >= 4 is 38.9 Å². The third kappa shape index (κ3) is 3.68. The van der Waals surface area contributed by atoms with E-state index < -0.39 is 4.92 Å².